The number of nitrogens with zero attached hydrogens (tertiary/aromatic N) is 2. The Morgan fingerprint density at radius 1 is 1.00 bits per heavy atom. The number of aromatic nitrogens is 2. The van der Waals surface area contributed by atoms with Crippen LogP contribution in [0, 0.1) is 0 Å². The van der Waals surface area contributed by atoms with Crippen LogP contribution < -0.4 is 4.57 Å². The first-order valence-electron chi connectivity index (χ1n) is 7.52. The highest BCUT2D eigenvalue weighted by atomic mass is 15.1. The van der Waals surface area contributed by atoms with Crippen LogP contribution in [0.1, 0.15) is 45.4 Å². The minimum Gasteiger partial charge on any atom is -0.234 e. The smallest absolute Gasteiger partial charge is 0.234 e. The monoisotopic (exact) mass is 257 g/mol. The summed E-state index contributed by atoms with van der Waals surface area (Å²) < 4.78 is 4.74. The average Bonchev–Trinajstić information content (AvgIpc) is 2.84. The van der Waals surface area contributed by atoms with Crippen molar-refractivity contribution in [3.8, 4) is 5.69 Å². The number of para-hydroxylation sites is 1. The van der Waals surface area contributed by atoms with Crippen molar-refractivity contribution >= 4 is 0 Å². The maximum absolute atomic E-state index is 2.41. The van der Waals surface area contributed by atoms with Gasteiger partial charge in [0.25, 0.3) is 5.82 Å². The third-order valence-corrected chi connectivity index (χ3v) is 3.51. The molecular weight excluding hydrogens is 232 g/mol. The van der Waals surface area contributed by atoms with Crippen molar-refractivity contribution in [2.45, 2.75) is 52.5 Å². The third-order valence-electron chi connectivity index (χ3n) is 3.51. The van der Waals surface area contributed by atoms with E-state index in [2.05, 4.69) is 65.7 Å². The Bertz CT molecular complexity index is 485. The van der Waals surface area contributed by atoms with Crippen LogP contribution in [0.15, 0.2) is 42.7 Å². The summed E-state index contributed by atoms with van der Waals surface area (Å²) in [6.45, 7) is 5.61. The van der Waals surface area contributed by atoms with Crippen LogP contribution in [0.4, 0.5) is 0 Å². The van der Waals surface area contributed by atoms with E-state index in [9.17, 15) is 0 Å². The number of aryl methyl sites for hydroxylation is 1. The number of unbranched alkanes of at least 4 members (excludes halogenated alkanes) is 2. The van der Waals surface area contributed by atoms with Gasteiger partial charge in [0.1, 0.15) is 18.1 Å². The quantitative estimate of drug-likeness (QED) is 0.525. The predicted molar refractivity (Wildman–Crippen MR) is 79.5 cm³/mol. The van der Waals surface area contributed by atoms with Gasteiger partial charge in [-0.05, 0) is 25.0 Å². The van der Waals surface area contributed by atoms with Crippen molar-refractivity contribution in [3.05, 3.63) is 48.5 Å². The van der Waals surface area contributed by atoms with E-state index in [0.717, 1.165) is 13.0 Å². The predicted octanol–water partition coefficient (Wildman–Crippen LogP) is 3.91. The van der Waals surface area contributed by atoms with Gasteiger partial charge < -0.3 is 0 Å². The molecule has 0 aliphatic carbocycles. The Labute approximate surface area is 116 Å². The molecule has 0 fully saturated rings. The minimum atomic E-state index is 1.11. The molecule has 2 heteroatoms. The molecule has 1 heterocycles. The summed E-state index contributed by atoms with van der Waals surface area (Å²) in [5.74, 6) is 1.43. The van der Waals surface area contributed by atoms with Crippen LogP contribution in [-0.4, -0.2) is 4.57 Å². The molecule has 2 nitrogen and oxygen atoms in total. The van der Waals surface area contributed by atoms with Crippen LogP contribution in [-0.2, 0) is 13.0 Å². The number of benzene rings is 1. The number of imidazole rings is 1. The van der Waals surface area contributed by atoms with Crippen molar-refractivity contribution in [1.29, 1.82) is 0 Å². The molecular formula is C17H25N2+. The number of rotatable bonds is 7. The van der Waals surface area contributed by atoms with Gasteiger partial charge in [0.05, 0.1) is 6.54 Å². The first-order valence-corrected chi connectivity index (χ1v) is 7.52. The molecule has 19 heavy (non-hydrogen) atoms. The van der Waals surface area contributed by atoms with Crippen LogP contribution in [0.25, 0.3) is 5.69 Å². The third kappa shape index (κ3) is 3.46. The lowest BCUT2D eigenvalue weighted by atomic mass is 10.2. The molecule has 2 rings (SSSR count). The van der Waals surface area contributed by atoms with Crippen LogP contribution in [0.2, 0.25) is 0 Å². The highest BCUT2D eigenvalue weighted by molar-refractivity contribution is 5.31. The number of hydrogen-bond donors (Lipinski definition) is 0. The van der Waals surface area contributed by atoms with E-state index < -0.39 is 0 Å². The van der Waals surface area contributed by atoms with Gasteiger partial charge >= 0.3 is 0 Å². The molecule has 0 saturated heterocycles. The SMILES string of the molecule is CCCCCc1n(-c2ccccc2)cc[n+]1CCC. The van der Waals surface area contributed by atoms with Gasteiger partial charge in [-0.1, -0.05) is 44.9 Å². The zero-order valence-corrected chi connectivity index (χ0v) is 12.2. The van der Waals surface area contributed by atoms with E-state index >= 15 is 0 Å². The largest absolute Gasteiger partial charge is 0.261 e. The molecule has 0 unspecified atom stereocenters. The van der Waals surface area contributed by atoms with Gasteiger partial charge in [-0.3, -0.25) is 0 Å². The van der Waals surface area contributed by atoms with Gasteiger partial charge in [-0.15, -0.1) is 0 Å². The van der Waals surface area contributed by atoms with Crippen molar-refractivity contribution in [3.63, 3.8) is 0 Å². The second-order valence-corrected chi connectivity index (χ2v) is 5.07. The average molecular weight is 257 g/mol. The van der Waals surface area contributed by atoms with Crippen molar-refractivity contribution in [2.75, 3.05) is 0 Å². The Morgan fingerprint density at radius 2 is 1.79 bits per heavy atom. The molecule has 0 atom stereocenters. The van der Waals surface area contributed by atoms with E-state index in [1.807, 2.05) is 0 Å². The maximum atomic E-state index is 2.41. The highest BCUT2D eigenvalue weighted by Gasteiger charge is 2.17. The molecule has 2 aromatic rings. The first kappa shape index (κ1) is 13.9. The summed E-state index contributed by atoms with van der Waals surface area (Å²) in [5, 5.41) is 0. The summed E-state index contributed by atoms with van der Waals surface area (Å²) in [6, 6.07) is 10.6. The summed E-state index contributed by atoms with van der Waals surface area (Å²) in [6.07, 6.45) is 10.6. The van der Waals surface area contributed by atoms with Gasteiger partial charge in [-0.2, -0.15) is 4.57 Å². The van der Waals surface area contributed by atoms with Gasteiger partial charge in [0.2, 0.25) is 0 Å². The fraction of sp³-hybridized carbons (Fsp3) is 0.471. The van der Waals surface area contributed by atoms with Gasteiger partial charge in [-0.25, -0.2) is 4.57 Å². The van der Waals surface area contributed by atoms with E-state index in [1.165, 1.54) is 37.2 Å². The summed E-state index contributed by atoms with van der Waals surface area (Å²) in [7, 11) is 0. The summed E-state index contributed by atoms with van der Waals surface area (Å²) >= 11 is 0. The Kier molecular flexibility index (Phi) is 5.20. The Balaban J connectivity index is 2.27. The zero-order valence-electron chi connectivity index (χ0n) is 12.2. The molecule has 0 amide bonds. The van der Waals surface area contributed by atoms with E-state index in [0.29, 0.717) is 0 Å². The van der Waals surface area contributed by atoms with Crippen LogP contribution in [0.3, 0.4) is 0 Å². The topological polar surface area (TPSA) is 8.81 Å². The molecule has 1 aromatic carbocycles. The lowest BCUT2D eigenvalue weighted by molar-refractivity contribution is -0.703. The molecule has 102 valence electrons. The molecule has 1 aromatic heterocycles. The van der Waals surface area contributed by atoms with Crippen LogP contribution >= 0.6 is 0 Å². The molecule has 0 aliphatic heterocycles. The molecule has 0 N–H and O–H groups in total. The normalized spacial score (nSPS) is 10.8. The zero-order chi connectivity index (χ0) is 13.5. The lowest BCUT2D eigenvalue weighted by Gasteiger charge is -2.04. The summed E-state index contributed by atoms with van der Waals surface area (Å²) in [5.41, 5.74) is 1.27. The van der Waals surface area contributed by atoms with Gasteiger partial charge in [0.15, 0.2) is 0 Å². The van der Waals surface area contributed by atoms with Crippen LogP contribution in [0.5, 0.6) is 0 Å². The Hall–Kier alpha value is -1.57. The molecule has 0 aliphatic rings. The van der Waals surface area contributed by atoms with E-state index in [1.54, 1.807) is 0 Å². The molecule has 0 bridgehead atoms. The van der Waals surface area contributed by atoms with Crippen molar-refractivity contribution in [2.24, 2.45) is 0 Å². The highest BCUT2D eigenvalue weighted by Crippen LogP contribution is 2.12. The minimum absolute atomic E-state index is 1.11. The first-order chi connectivity index (χ1) is 9.36. The molecule has 0 radical (unpaired) electrons. The maximum Gasteiger partial charge on any atom is 0.261 e. The second-order valence-electron chi connectivity index (χ2n) is 5.07. The molecule has 0 saturated carbocycles. The van der Waals surface area contributed by atoms with Crippen molar-refractivity contribution < 1.29 is 4.57 Å². The molecule has 0 spiro atoms. The lowest BCUT2D eigenvalue weighted by Crippen LogP contribution is -2.36. The second kappa shape index (κ2) is 7.13. The van der Waals surface area contributed by atoms with Crippen molar-refractivity contribution in [1.82, 2.24) is 4.57 Å². The van der Waals surface area contributed by atoms with E-state index in [-0.39, 0.29) is 0 Å². The fourth-order valence-corrected chi connectivity index (χ4v) is 2.52. The van der Waals surface area contributed by atoms with Gasteiger partial charge in [0, 0.05) is 6.42 Å². The number of hydrogen-bond acceptors (Lipinski definition) is 0. The standard InChI is InChI=1S/C17H25N2/c1-3-5-7-12-17-18(13-4-2)14-15-19(17)16-10-8-6-9-11-16/h6,8-11,14-15H,3-5,7,12-13H2,1-2H3/q+1. The Morgan fingerprint density at radius 3 is 2.47 bits per heavy atom. The van der Waals surface area contributed by atoms with E-state index in [4.69, 9.17) is 0 Å². The summed E-state index contributed by atoms with van der Waals surface area (Å²) in [4.78, 5) is 0. The fourth-order valence-electron chi connectivity index (χ4n) is 2.52.